The van der Waals surface area contributed by atoms with E-state index < -0.39 is 35.2 Å². The number of nitrogen functional groups attached to an aromatic ring is 1. The van der Waals surface area contributed by atoms with Crippen LogP contribution in [-0.2, 0) is 19.9 Å². The lowest BCUT2D eigenvalue weighted by Crippen LogP contribution is -2.30. The van der Waals surface area contributed by atoms with E-state index in [0.29, 0.717) is 22.3 Å². The van der Waals surface area contributed by atoms with Gasteiger partial charge in [0, 0.05) is 69.0 Å². The van der Waals surface area contributed by atoms with Gasteiger partial charge in [0.2, 0.25) is 6.41 Å². The number of nitro groups is 4. The zero-order valence-corrected chi connectivity index (χ0v) is 42.3. The average molecular weight is 1030 g/mol. The number of methoxy groups -OCH3 is 2. The highest BCUT2D eigenvalue weighted by Crippen LogP contribution is 2.30. The van der Waals surface area contributed by atoms with Crippen LogP contribution in [0.5, 0.6) is 0 Å². The molecule has 5 aromatic rings. The number of fused-ring (bicyclic) bond motifs is 1. The van der Waals surface area contributed by atoms with E-state index in [9.17, 15) is 40.5 Å². The van der Waals surface area contributed by atoms with E-state index in [1.807, 2.05) is 44.2 Å². The summed E-state index contributed by atoms with van der Waals surface area (Å²) in [6.07, 6.45) is 4.90. The SMILES string of the molecule is CCO.COC(OC)N(C)C.Cc1cc(/C=C/N(C)C)c([N+](=O)[O-])cc1[N+](=O)[O-].Cc1cc(C)c([N+](=O)[O-])cc1[N+](=O)[O-].Cc1cc2cc[nH]c2cc1N.Cc1cccc(C)c1.O=S(=O)(O)O.O=[N+]([O-])O. The van der Waals surface area contributed by atoms with Crippen molar-refractivity contribution in [2.24, 2.45) is 0 Å². The average Bonchev–Trinajstić information content (AvgIpc) is 3.67. The van der Waals surface area contributed by atoms with Crippen molar-refractivity contribution < 1.29 is 62.1 Å². The Labute approximate surface area is 410 Å². The lowest BCUT2D eigenvalue weighted by atomic mass is 10.1. The van der Waals surface area contributed by atoms with Crippen molar-refractivity contribution in [1.29, 1.82) is 0 Å². The van der Waals surface area contributed by atoms with Crippen LogP contribution >= 0.6 is 0 Å². The number of nitrogens with one attached hydrogen (secondary N) is 1. The predicted molar refractivity (Wildman–Crippen MR) is 267 cm³/mol. The molecule has 7 N–H and O–H groups in total. The Bertz CT molecular complexity index is 2520. The van der Waals surface area contributed by atoms with E-state index in [-0.39, 0.29) is 35.8 Å². The Morgan fingerprint density at radius 3 is 1.37 bits per heavy atom. The Balaban J connectivity index is -0.000000788. The van der Waals surface area contributed by atoms with Gasteiger partial charge < -0.3 is 35.4 Å². The third-order valence-electron chi connectivity index (χ3n) is 8.14. The first-order chi connectivity index (χ1) is 32.7. The Morgan fingerprint density at radius 1 is 0.676 bits per heavy atom. The molecular weight excluding hydrogens is 963 g/mol. The molecule has 0 bridgehead atoms. The van der Waals surface area contributed by atoms with Gasteiger partial charge in [0.1, 0.15) is 0 Å². The first-order valence-corrected chi connectivity index (χ1v) is 21.5. The molecule has 0 spiro atoms. The molecule has 0 saturated carbocycles. The number of anilines is 1. The molecule has 0 unspecified atom stereocenters. The summed E-state index contributed by atoms with van der Waals surface area (Å²) in [5.74, 6) is 0. The topological polar surface area (TPSA) is 398 Å². The van der Waals surface area contributed by atoms with Crippen molar-refractivity contribution in [2.45, 2.75) is 54.9 Å². The van der Waals surface area contributed by atoms with Crippen LogP contribution in [0.1, 0.15) is 45.9 Å². The lowest BCUT2D eigenvalue weighted by molar-refractivity contribution is -0.742. The molecule has 27 nitrogen and oxygen atoms in total. The normalized spacial score (nSPS) is 10.0. The van der Waals surface area contributed by atoms with Crippen LogP contribution in [0.2, 0.25) is 0 Å². The predicted octanol–water partition coefficient (Wildman–Crippen LogP) is 7.95. The number of hydrogen-bond donors (Lipinski definition) is 6. The van der Waals surface area contributed by atoms with E-state index >= 15 is 0 Å². The van der Waals surface area contributed by atoms with Crippen LogP contribution in [0.25, 0.3) is 17.0 Å². The standard InChI is InChI=1S/C11H13N3O4.C9H10N2.C8H8N2O4.C8H10.C5H13NO2.C2H6O.HNO3.H2O4S/c1-8-6-9(4-5-12(2)3)11(14(17)18)7-10(8)13(15)16;1-6-4-7-2-3-11-9(7)5-8(6)10;1-5-3-6(2)8(10(13)14)4-7(5)9(11)12;1-7-4-3-5-8(2)6-7;1-6(2)5(7-3)8-4;1-2-3;2-1(3)4;1-5(2,3)4/h4-7H,1-3H3;2-5,11H,10H2,1H3;3-4H,1-2H3;3-6H,1-2H3;5H,1-4H3;3H,2H2,1H3;(H,2,3,4);(H2,1,2,3,4)/b5-4+;;;;;;;. The molecule has 5 rings (SSSR count). The molecular formula is C43H63N9O18S. The molecule has 0 amide bonds. The van der Waals surface area contributed by atoms with Gasteiger partial charge in [-0.1, -0.05) is 35.4 Å². The van der Waals surface area contributed by atoms with E-state index in [1.54, 1.807) is 73.2 Å². The highest BCUT2D eigenvalue weighted by Gasteiger charge is 2.21. The largest absolute Gasteiger partial charge is 0.398 e. The number of benzene rings is 4. The minimum Gasteiger partial charge on any atom is -0.398 e. The van der Waals surface area contributed by atoms with Crippen molar-refractivity contribution >= 4 is 55.8 Å². The second-order valence-corrected chi connectivity index (χ2v) is 15.5. The Hall–Kier alpha value is -7.73. The second kappa shape index (κ2) is 34.5. The van der Waals surface area contributed by atoms with Gasteiger partial charge in [-0.05, 0) is 116 Å². The van der Waals surface area contributed by atoms with Crippen LogP contribution in [0.3, 0.4) is 0 Å². The minimum absolute atomic E-state index is 0.213. The van der Waals surface area contributed by atoms with Gasteiger partial charge in [-0.15, -0.1) is 10.1 Å². The third kappa shape index (κ3) is 31.1. The number of aryl methyl sites for hydroxylation is 6. The number of aromatic amines is 1. The maximum Gasteiger partial charge on any atom is 0.394 e. The molecule has 394 valence electrons. The Kier molecular flexibility index (Phi) is 32.9. The summed E-state index contributed by atoms with van der Waals surface area (Å²) < 4.78 is 41.3. The fourth-order valence-electron chi connectivity index (χ4n) is 5.20. The third-order valence-corrected chi connectivity index (χ3v) is 8.14. The van der Waals surface area contributed by atoms with Crippen molar-refractivity contribution in [3.05, 3.63) is 169 Å². The van der Waals surface area contributed by atoms with Gasteiger partial charge in [-0.25, -0.2) is 0 Å². The summed E-state index contributed by atoms with van der Waals surface area (Å²) in [6, 6.07) is 19.4. The second-order valence-electron chi connectivity index (χ2n) is 14.6. The van der Waals surface area contributed by atoms with Gasteiger partial charge in [0.05, 0.1) is 37.4 Å². The van der Waals surface area contributed by atoms with Gasteiger partial charge in [-0.3, -0.25) is 54.5 Å². The number of nitro benzene ring substituents is 4. The number of rotatable bonds is 9. The Morgan fingerprint density at radius 2 is 1.06 bits per heavy atom. The molecule has 0 atom stereocenters. The summed E-state index contributed by atoms with van der Waals surface area (Å²) in [7, 11) is 5.87. The van der Waals surface area contributed by atoms with Crippen LogP contribution < -0.4 is 5.73 Å². The molecule has 28 heteroatoms. The van der Waals surface area contributed by atoms with E-state index in [4.69, 9.17) is 53.2 Å². The van der Waals surface area contributed by atoms with Crippen LogP contribution in [0, 0.1) is 92.1 Å². The monoisotopic (exact) mass is 1030 g/mol. The summed E-state index contributed by atoms with van der Waals surface area (Å²) in [6.45, 7) is 12.8. The fourth-order valence-corrected chi connectivity index (χ4v) is 5.20. The molecule has 0 aliphatic carbocycles. The van der Waals surface area contributed by atoms with Crippen molar-refractivity contribution in [1.82, 2.24) is 14.8 Å². The number of aliphatic hydroxyl groups excluding tert-OH is 1. The zero-order valence-electron chi connectivity index (χ0n) is 41.5. The number of ether oxygens (including phenoxy) is 2. The van der Waals surface area contributed by atoms with Gasteiger partial charge in [0.15, 0.2) is 0 Å². The molecule has 0 fully saturated rings. The summed E-state index contributed by atoms with van der Waals surface area (Å²) >= 11 is 0. The molecule has 71 heavy (non-hydrogen) atoms. The number of hydrogen-bond acceptors (Lipinski definition) is 18. The quantitative estimate of drug-likeness (QED) is 0.0268. The smallest absolute Gasteiger partial charge is 0.394 e. The summed E-state index contributed by atoms with van der Waals surface area (Å²) in [5, 5.41) is 65.0. The molecule has 0 aliphatic rings. The van der Waals surface area contributed by atoms with Crippen LogP contribution in [-0.4, -0.2) is 123 Å². The minimum atomic E-state index is -4.67. The first-order valence-electron chi connectivity index (χ1n) is 20.1. The first kappa shape index (κ1) is 67.5. The lowest BCUT2D eigenvalue weighted by Gasteiger charge is -2.19. The van der Waals surface area contributed by atoms with Gasteiger partial charge in [0.25, 0.3) is 27.8 Å². The fraction of sp³-hybridized carbons (Fsp3) is 0.349. The van der Waals surface area contributed by atoms with Gasteiger partial charge in [-0.2, -0.15) is 8.42 Å². The van der Waals surface area contributed by atoms with Crippen molar-refractivity contribution in [3.63, 3.8) is 0 Å². The summed E-state index contributed by atoms with van der Waals surface area (Å²) in [5.41, 5.74) is 12.1. The van der Waals surface area contributed by atoms with E-state index in [1.165, 1.54) is 28.6 Å². The highest BCUT2D eigenvalue weighted by molar-refractivity contribution is 7.79. The number of nitrogens with zero attached hydrogens (tertiary/aromatic N) is 7. The molecule has 0 aliphatic heterocycles. The molecule has 0 radical (unpaired) electrons. The van der Waals surface area contributed by atoms with Crippen LogP contribution in [0.4, 0.5) is 28.4 Å². The number of nitrogens with two attached hydrogens (primary N) is 1. The molecule has 1 heterocycles. The number of H-pyrrole nitrogens is 1. The number of aliphatic hydroxyl groups is 1. The maximum absolute atomic E-state index is 10.9. The highest BCUT2D eigenvalue weighted by atomic mass is 32.3. The molecule has 1 aromatic heterocycles. The van der Waals surface area contributed by atoms with Crippen molar-refractivity contribution in [3.8, 4) is 0 Å². The number of aromatic nitrogens is 1. The zero-order chi connectivity index (χ0) is 55.9. The van der Waals surface area contributed by atoms with E-state index in [2.05, 4.69) is 49.2 Å². The van der Waals surface area contributed by atoms with Crippen LogP contribution in [0.15, 0.2) is 79.1 Å². The van der Waals surface area contributed by atoms with Crippen molar-refractivity contribution in [2.75, 3.05) is 54.8 Å². The molecule has 4 aromatic carbocycles. The van der Waals surface area contributed by atoms with E-state index in [0.717, 1.165) is 28.9 Å². The summed E-state index contributed by atoms with van der Waals surface area (Å²) in [4.78, 5) is 55.1. The van der Waals surface area contributed by atoms with Gasteiger partial charge >= 0.3 is 10.4 Å². The maximum atomic E-state index is 10.9. The molecule has 0 saturated heterocycles.